The molecular weight excluding hydrogens is 333 g/mol. The summed E-state index contributed by atoms with van der Waals surface area (Å²) >= 11 is 3.21. The minimum absolute atomic E-state index is 0.107. The summed E-state index contributed by atoms with van der Waals surface area (Å²) in [6, 6.07) is 13.1. The first-order valence-corrected chi connectivity index (χ1v) is 7.55. The highest BCUT2D eigenvalue weighted by Crippen LogP contribution is 2.21. The predicted molar refractivity (Wildman–Crippen MR) is 85.4 cm³/mol. The van der Waals surface area contributed by atoms with E-state index in [0.717, 1.165) is 22.4 Å². The van der Waals surface area contributed by atoms with Gasteiger partial charge < -0.3 is 10.3 Å². The minimum atomic E-state index is -0.247. The lowest BCUT2D eigenvalue weighted by Crippen LogP contribution is -2.18. The van der Waals surface area contributed by atoms with Crippen molar-refractivity contribution in [3.8, 4) is 0 Å². The lowest BCUT2D eigenvalue weighted by atomic mass is 10.1. The van der Waals surface area contributed by atoms with Crippen molar-refractivity contribution in [2.24, 2.45) is 0 Å². The minimum Gasteiger partial charge on any atom is -0.341 e. The van der Waals surface area contributed by atoms with E-state index in [-0.39, 0.29) is 11.9 Å². The van der Waals surface area contributed by atoms with Crippen LogP contribution in [0, 0.1) is 5.82 Å². The van der Waals surface area contributed by atoms with Crippen molar-refractivity contribution in [3.05, 3.63) is 64.1 Å². The van der Waals surface area contributed by atoms with Crippen LogP contribution in [-0.2, 0) is 6.54 Å². The van der Waals surface area contributed by atoms with E-state index in [9.17, 15) is 4.39 Å². The molecule has 21 heavy (non-hydrogen) atoms. The van der Waals surface area contributed by atoms with Crippen molar-refractivity contribution in [2.45, 2.75) is 19.5 Å². The molecular formula is C16H15BrFN3. The summed E-state index contributed by atoms with van der Waals surface area (Å²) in [6.07, 6.45) is 0. The van der Waals surface area contributed by atoms with E-state index < -0.39 is 0 Å². The third-order valence-electron chi connectivity index (χ3n) is 3.46. The fourth-order valence-corrected chi connectivity index (χ4v) is 2.64. The highest BCUT2D eigenvalue weighted by atomic mass is 79.9. The second-order valence-electron chi connectivity index (χ2n) is 4.98. The Morgan fingerprint density at radius 1 is 1.29 bits per heavy atom. The largest absolute Gasteiger partial charge is 0.341 e. The molecule has 0 fully saturated rings. The Morgan fingerprint density at radius 3 is 2.86 bits per heavy atom. The van der Waals surface area contributed by atoms with Gasteiger partial charge in [-0.25, -0.2) is 9.37 Å². The molecule has 0 bridgehead atoms. The van der Waals surface area contributed by atoms with Gasteiger partial charge in [0.15, 0.2) is 0 Å². The molecule has 0 spiro atoms. The van der Waals surface area contributed by atoms with Crippen LogP contribution in [0.15, 0.2) is 46.9 Å². The smallest absolute Gasteiger partial charge is 0.137 e. The van der Waals surface area contributed by atoms with E-state index in [2.05, 4.69) is 31.2 Å². The highest BCUT2D eigenvalue weighted by molar-refractivity contribution is 9.10. The number of halogens is 2. The summed E-state index contributed by atoms with van der Waals surface area (Å²) in [7, 11) is 0. The summed E-state index contributed by atoms with van der Waals surface area (Å²) in [5.74, 6) is 0.646. The van der Waals surface area contributed by atoms with Gasteiger partial charge in [0.25, 0.3) is 0 Å². The van der Waals surface area contributed by atoms with Crippen molar-refractivity contribution >= 4 is 27.0 Å². The fourth-order valence-electron chi connectivity index (χ4n) is 2.24. The standard InChI is InChI=1S/C16H15BrFN3/c1-10(11-6-7-13(18)12(17)8-11)19-9-16-20-14-4-2-3-5-15(14)21-16/h2-8,10,19H,9H2,1H3,(H,20,21). The summed E-state index contributed by atoms with van der Waals surface area (Å²) in [6.45, 7) is 2.67. The number of H-pyrrole nitrogens is 1. The predicted octanol–water partition coefficient (Wildman–Crippen LogP) is 4.32. The lowest BCUT2D eigenvalue weighted by molar-refractivity contribution is 0.559. The first-order chi connectivity index (χ1) is 10.1. The molecule has 0 saturated heterocycles. The molecule has 1 atom stereocenters. The van der Waals surface area contributed by atoms with Gasteiger partial charge in [0.05, 0.1) is 22.1 Å². The van der Waals surface area contributed by atoms with Crippen LogP contribution >= 0.6 is 15.9 Å². The molecule has 0 aliphatic heterocycles. The van der Waals surface area contributed by atoms with E-state index in [1.165, 1.54) is 6.07 Å². The first kappa shape index (κ1) is 14.2. The van der Waals surface area contributed by atoms with E-state index in [1.54, 1.807) is 12.1 Å². The lowest BCUT2D eigenvalue weighted by Gasteiger charge is -2.13. The molecule has 2 aromatic carbocycles. The van der Waals surface area contributed by atoms with Gasteiger partial charge >= 0.3 is 0 Å². The quantitative estimate of drug-likeness (QED) is 0.737. The van der Waals surface area contributed by atoms with Crippen LogP contribution in [0.25, 0.3) is 11.0 Å². The number of nitrogens with one attached hydrogen (secondary N) is 2. The van der Waals surface area contributed by atoms with Crippen LogP contribution in [0.4, 0.5) is 4.39 Å². The van der Waals surface area contributed by atoms with E-state index in [1.807, 2.05) is 31.2 Å². The summed E-state index contributed by atoms with van der Waals surface area (Å²) in [4.78, 5) is 7.80. The SMILES string of the molecule is CC(NCc1nc2ccccc2[nH]1)c1ccc(F)c(Br)c1. The Morgan fingerprint density at radius 2 is 2.10 bits per heavy atom. The van der Waals surface area contributed by atoms with Crippen LogP contribution in [0.1, 0.15) is 24.4 Å². The molecule has 0 aliphatic rings. The van der Waals surface area contributed by atoms with Crippen molar-refractivity contribution in [2.75, 3.05) is 0 Å². The number of para-hydroxylation sites is 2. The van der Waals surface area contributed by atoms with Gasteiger partial charge in [-0.3, -0.25) is 0 Å². The first-order valence-electron chi connectivity index (χ1n) is 6.75. The van der Waals surface area contributed by atoms with Crippen LogP contribution in [-0.4, -0.2) is 9.97 Å². The van der Waals surface area contributed by atoms with Crippen LogP contribution in [0.2, 0.25) is 0 Å². The molecule has 1 heterocycles. The van der Waals surface area contributed by atoms with Gasteiger partial charge in [-0.1, -0.05) is 18.2 Å². The van der Waals surface area contributed by atoms with Crippen LogP contribution < -0.4 is 5.32 Å². The molecule has 0 amide bonds. The number of hydrogen-bond donors (Lipinski definition) is 2. The highest BCUT2D eigenvalue weighted by Gasteiger charge is 2.09. The molecule has 1 aromatic heterocycles. The fraction of sp³-hybridized carbons (Fsp3) is 0.188. The zero-order valence-corrected chi connectivity index (χ0v) is 13.1. The number of imidazole rings is 1. The number of rotatable bonds is 4. The Balaban J connectivity index is 1.70. The van der Waals surface area contributed by atoms with Gasteiger partial charge in [-0.05, 0) is 52.7 Å². The number of aromatic nitrogens is 2. The number of fused-ring (bicyclic) bond motifs is 1. The molecule has 0 radical (unpaired) electrons. The molecule has 3 rings (SSSR count). The summed E-state index contributed by atoms with van der Waals surface area (Å²) in [5.41, 5.74) is 3.03. The Kier molecular flexibility index (Phi) is 4.03. The van der Waals surface area contributed by atoms with E-state index in [4.69, 9.17) is 0 Å². The van der Waals surface area contributed by atoms with Gasteiger partial charge in [0.1, 0.15) is 11.6 Å². The Hall–Kier alpha value is -1.72. The second kappa shape index (κ2) is 5.95. The van der Waals surface area contributed by atoms with E-state index in [0.29, 0.717) is 11.0 Å². The second-order valence-corrected chi connectivity index (χ2v) is 5.83. The molecule has 2 N–H and O–H groups in total. The van der Waals surface area contributed by atoms with E-state index >= 15 is 0 Å². The summed E-state index contributed by atoms with van der Waals surface area (Å²) < 4.78 is 13.7. The van der Waals surface area contributed by atoms with Gasteiger partial charge in [0.2, 0.25) is 0 Å². The van der Waals surface area contributed by atoms with Crippen molar-refractivity contribution < 1.29 is 4.39 Å². The number of hydrogen-bond acceptors (Lipinski definition) is 2. The molecule has 3 aromatic rings. The number of benzene rings is 2. The molecule has 0 aliphatic carbocycles. The topological polar surface area (TPSA) is 40.7 Å². The number of aromatic amines is 1. The average molecular weight is 348 g/mol. The van der Waals surface area contributed by atoms with Crippen LogP contribution in [0.3, 0.4) is 0 Å². The van der Waals surface area contributed by atoms with Crippen molar-refractivity contribution in [3.63, 3.8) is 0 Å². The monoisotopic (exact) mass is 347 g/mol. The van der Waals surface area contributed by atoms with Gasteiger partial charge in [-0.2, -0.15) is 0 Å². The Labute approximate surface area is 130 Å². The maximum atomic E-state index is 13.2. The van der Waals surface area contributed by atoms with Crippen molar-refractivity contribution in [1.29, 1.82) is 0 Å². The molecule has 3 nitrogen and oxygen atoms in total. The average Bonchev–Trinajstić information content (AvgIpc) is 2.90. The maximum absolute atomic E-state index is 13.2. The third-order valence-corrected chi connectivity index (χ3v) is 4.07. The normalized spacial score (nSPS) is 12.7. The molecule has 108 valence electrons. The molecule has 0 saturated carbocycles. The van der Waals surface area contributed by atoms with Crippen LogP contribution in [0.5, 0.6) is 0 Å². The zero-order valence-electron chi connectivity index (χ0n) is 11.5. The van der Waals surface area contributed by atoms with Gasteiger partial charge in [-0.15, -0.1) is 0 Å². The zero-order chi connectivity index (χ0) is 14.8. The molecule has 5 heteroatoms. The number of nitrogens with zero attached hydrogens (tertiary/aromatic N) is 1. The van der Waals surface area contributed by atoms with Crippen molar-refractivity contribution in [1.82, 2.24) is 15.3 Å². The molecule has 1 unspecified atom stereocenters. The maximum Gasteiger partial charge on any atom is 0.137 e. The summed E-state index contributed by atoms with van der Waals surface area (Å²) in [5, 5.41) is 3.39. The Bertz CT molecular complexity index is 736. The third kappa shape index (κ3) is 3.14. The van der Waals surface area contributed by atoms with Gasteiger partial charge in [0, 0.05) is 6.04 Å².